The molecule has 0 aliphatic rings. The van der Waals surface area contributed by atoms with E-state index in [0.29, 0.717) is 12.2 Å². The van der Waals surface area contributed by atoms with Crippen molar-refractivity contribution in [2.24, 2.45) is 0 Å². The van der Waals surface area contributed by atoms with Gasteiger partial charge in [-0.2, -0.15) is 0 Å². The molecule has 0 unspecified atom stereocenters. The molecular weight excluding hydrogens is 380 g/mol. The maximum atomic E-state index is 12.3. The maximum absolute atomic E-state index is 12.3. The highest BCUT2D eigenvalue weighted by Gasteiger charge is 2.08. The van der Waals surface area contributed by atoms with Gasteiger partial charge in [-0.15, -0.1) is 0 Å². The molecule has 0 fully saturated rings. The molecular formula is C19H17BrN4O. The first-order valence-electron chi connectivity index (χ1n) is 7.78. The van der Waals surface area contributed by atoms with E-state index in [4.69, 9.17) is 0 Å². The van der Waals surface area contributed by atoms with Gasteiger partial charge >= 0.3 is 0 Å². The van der Waals surface area contributed by atoms with E-state index in [1.807, 2.05) is 43.3 Å². The third-order valence-corrected chi connectivity index (χ3v) is 4.51. The number of benzene rings is 1. The highest BCUT2D eigenvalue weighted by molar-refractivity contribution is 9.10. The summed E-state index contributed by atoms with van der Waals surface area (Å²) in [5.41, 5.74) is 4.26. The van der Waals surface area contributed by atoms with Crippen molar-refractivity contribution < 1.29 is 4.79 Å². The molecule has 0 bridgehead atoms. The van der Waals surface area contributed by atoms with Crippen molar-refractivity contribution in [1.82, 2.24) is 15.3 Å². The number of carbonyl (C=O) groups excluding carboxylic acids is 1. The Kier molecular flexibility index (Phi) is 5.40. The number of halogens is 1. The monoisotopic (exact) mass is 396 g/mol. The van der Waals surface area contributed by atoms with E-state index >= 15 is 0 Å². The fourth-order valence-corrected chi connectivity index (χ4v) is 2.62. The van der Waals surface area contributed by atoms with E-state index in [-0.39, 0.29) is 5.91 Å². The second-order valence-electron chi connectivity index (χ2n) is 5.56. The molecule has 0 spiro atoms. The number of nitrogens with zero attached hydrogens (tertiary/aromatic N) is 2. The Balaban J connectivity index is 1.68. The van der Waals surface area contributed by atoms with Crippen LogP contribution in [0, 0.1) is 6.92 Å². The van der Waals surface area contributed by atoms with Crippen LogP contribution in [0.5, 0.6) is 0 Å². The van der Waals surface area contributed by atoms with Crippen molar-refractivity contribution in [3.05, 3.63) is 82.3 Å². The lowest BCUT2D eigenvalue weighted by atomic mass is 10.2. The quantitative estimate of drug-likeness (QED) is 0.677. The Morgan fingerprint density at radius 1 is 1.04 bits per heavy atom. The van der Waals surface area contributed by atoms with Crippen LogP contribution in [0.2, 0.25) is 0 Å². The van der Waals surface area contributed by atoms with Gasteiger partial charge in [-0.25, -0.2) is 0 Å². The number of aryl methyl sites for hydroxylation is 1. The molecule has 1 aromatic carbocycles. The largest absolute Gasteiger partial charge is 0.355 e. The fourth-order valence-electron chi connectivity index (χ4n) is 2.24. The Labute approximate surface area is 154 Å². The second kappa shape index (κ2) is 7.90. The van der Waals surface area contributed by atoms with E-state index < -0.39 is 0 Å². The minimum absolute atomic E-state index is 0.217. The molecule has 2 N–H and O–H groups in total. The van der Waals surface area contributed by atoms with Gasteiger partial charge in [0.25, 0.3) is 5.91 Å². The Morgan fingerprint density at radius 3 is 2.56 bits per heavy atom. The zero-order valence-corrected chi connectivity index (χ0v) is 15.2. The molecule has 3 aromatic rings. The lowest BCUT2D eigenvalue weighted by Gasteiger charge is -2.10. The van der Waals surface area contributed by atoms with Crippen LogP contribution in [0.3, 0.4) is 0 Å². The summed E-state index contributed by atoms with van der Waals surface area (Å²) in [5.74, 6) is -0.217. The smallest absolute Gasteiger partial charge is 0.270 e. The van der Waals surface area contributed by atoms with Gasteiger partial charge in [0, 0.05) is 41.0 Å². The standard InChI is InChI=1S/C19H17BrN4O/c1-13-2-3-15(10-17(13)20)24-16-6-9-22-18(11-16)19(25)23-12-14-4-7-21-8-5-14/h2-11H,12H2,1H3,(H,22,24)(H,23,25). The molecule has 6 heteroatoms. The normalized spacial score (nSPS) is 10.3. The van der Waals surface area contributed by atoms with Crippen LogP contribution in [0.25, 0.3) is 0 Å². The minimum atomic E-state index is -0.217. The highest BCUT2D eigenvalue weighted by atomic mass is 79.9. The van der Waals surface area contributed by atoms with Crippen molar-refractivity contribution >= 4 is 33.2 Å². The Bertz CT molecular complexity index is 884. The maximum Gasteiger partial charge on any atom is 0.270 e. The van der Waals surface area contributed by atoms with E-state index in [1.165, 1.54) is 0 Å². The van der Waals surface area contributed by atoms with Crippen LogP contribution in [-0.2, 0) is 6.54 Å². The summed E-state index contributed by atoms with van der Waals surface area (Å²) in [6.07, 6.45) is 5.01. The number of hydrogen-bond acceptors (Lipinski definition) is 4. The van der Waals surface area contributed by atoms with Crippen molar-refractivity contribution in [1.29, 1.82) is 0 Å². The molecule has 0 radical (unpaired) electrons. The van der Waals surface area contributed by atoms with Crippen LogP contribution in [0.4, 0.5) is 11.4 Å². The minimum Gasteiger partial charge on any atom is -0.355 e. The summed E-state index contributed by atoms with van der Waals surface area (Å²) in [6.45, 7) is 2.47. The summed E-state index contributed by atoms with van der Waals surface area (Å²) < 4.78 is 1.03. The number of anilines is 2. The first-order chi connectivity index (χ1) is 12.1. The summed E-state index contributed by atoms with van der Waals surface area (Å²) in [7, 11) is 0. The second-order valence-corrected chi connectivity index (χ2v) is 6.41. The van der Waals surface area contributed by atoms with Gasteiger partial charge in [-0.1, -0.05) is 22.0 Å². The molecule has 0 saturated heterocycles. The molecule has 2 heterocycles. The van der Waals surface area contributed by atoms with Crippen molar-refractivity contribution in [3.63, 3.8) is 0 Å². The number of nitrogens with one attached hydrogen (secondary N) is 2. The predicted molar refractivity (Wildman–Crippen MR) is 102 cm³/mol. The van der Waals surface area contributed by atoms with E-state index in [2.05, 4.69) is 36.5 Å². The third-order valence-electron chi connectivity index (χ3n) is 3.66. The number of amides is 1. The van der Waals surface area contributed by atoms with Gasteiger partial charge in [0.15, 0.2) is 0 Å². The SMILES string of the molecule is Cc1ccc(Nc2ccnc(C(=O)NCc3ccncc3)c2)cc1Br. The van der Waals surface area contributed by atoms with Gasteiger partial charge in [0.2, 0.25) is 0 Å². The molecule has 3 rings (SSSR count). The van der Waals surface area contributed by atoms with Gasteiger partial charge in [-0.3, -0.25) is 14.8 Å². The number of carbonyl (C=O) groups is 1. The van der Waals surface area contributed by atoms with Crippen LogP contribution in [0.1, 0.15) is 21.6 Å². The molecule has 0 aliphatic heterocycles. The Hall–Kier alpha value is -2.73. The van der Waals surface area contributed by atoms with Crippen LogP contribution in [0.15, 0.2) is 65.5 Å². The van der Waals surface area contributed by atoms with Crippen LogP contribution in [-0.4, -0.2) is 15.9 Å². The summed E-state index contributed by atoms with van der Waals surface area (Å²) in [5, 5.41) is 6.14. The summed E-state index contributed by atoms with van der Waals surface area (Å²) in [4.78, 5) is 20.4. The van der Waals surface area contributed by atoms with Crippen molar-refractivity contribution in [2.45, 2.75) is 13.5 Å². The Morgan fingerprint density at radius 2 is 1.80 bits per heavy atom. The van der Waals surface area contributed by atoms with Crippen LogP contribution >= 0.6 is 15.9 Å². The van der Waals surface area contributed by atoms with E-state index in [1.54, 1.807) is 24.7 Å². The average molecular weight is 397 g/mol. The predicted octanol–water partition coefficient (Wildman–Crippen LogP) is 4.22. The van der Waals surface area contributed by atoms with Gasteiger partial charge in [0.1, 0.15) is 5.69 Å². The summed E-state index contributed by atoms with van der Waals surface area (Å²) >= 11 is 3.52. The number of aromatic nitrogens is 2. The zero-order valence-electron chi connectivity index (χ0n) is 13.7. The number of pyridine rings is 2. The average Bonchev–Trinajstić information content (AvgIpc) is 2.64. The molecule has 0 aliphatic carbocycles. The molecule has 1 amide bonds. The first-order valence-corrected chi connectivity index (χ1v) is 8.57. The molecule has 5 nitrogen and oxygen atoms in total. The molecule has 0 saturated carbocycles. The van der Waals surface area contributed by atoms with E-state index in [9.17, 15) is 4.79 Å². The topological polar surface area (TPSA) is 66.9 Å². The molecule has 25 heavy (non-hydrogen) atoms. The van der Waals surface area contributed by atoms with Crippen molar-refractivity contribution in [2.75, 3.05) is 5.32 Å². The molecule has 0 atom stereocenters. The molecule has 126 valence electrons. The van der Waals surface area contributed by atoms with Gasteiger partial charge in [0.05, 0.1) is 0 Å². The molecule has 2 aromatic heterocycles. The lowest BCUT2D eigenvalue weighted by Crippen LogP contribution is -2.23. The van der Waals surface area contributed by atoms with E-state index in [0.717, 1.165) is 27.0 Å². The third kappa shape index (κ3) is 4.64. The van der Waals surface area contributed by atoms with Gasteiger partial charge in [-0.05, 0) is 54.4 Å². The summed E-state index contributed by atoms with van der Waals surface area (Å²) in [6, 6.07) is 13.3. The van der Waals surface area contributed by atoms with Crippen LogP contribution < -0.4 is 10.6 Å². The zero-order chi connectivity index (χ0) is 17.6. The van der Waals surface area contributed by atoms with Crippen molar-refractivity contribution in [3.8, 4) is 0 Å². The van der Waals surface area contributed by atoms with Gasteiger partial charge < -0.3 is 10.6 Å². The lowest BCUT2D eigenvalue weighted by molar-refractivity contribution is 0.0946. The number of hydrogen-bond donors (Lipinski definition) is 2. The number of rotatable bonds is 5. The fraction of sp³-hybridized carbons (Fsp3) is 0.105. The highest BCUT2D eigenvalue weighted by Crippen LogP contribution is 2.23. The first kappa shape index (κ1) is 17.1.